The number of ether oxygens (including phenoxy) is 1. The molecule has 1 aromatic carbocycles. The van der Waals surface area contributed by atoms with E-state index in [1.807, 2.05) is 11.4 Å². The number of hydrogen-bond acceptors (Lipinski definition) is 6. The number of carbonyl (C=O) groups is 1. The summed E-state index contributed by atoms with van der Waals surface area (Å²) in [4.78, 5) is 18.9. The van der Waals surface area contributed by atoms with E-state index in [2.05, 4.69) is 32.9 Å². The number of benzene rings is 1. The van der Waals surface area contributed by atoms with Crippen molar-refractivity contribution in [2.45, 2.75) is 45.1 Å². The second-order valence-electron chi connectivity index (χ2n) is 9.43. The van der Waals surface area contributed by atoms with Crippen LogP contribution in [0.15, 0.2) is 46.8 Å². The zero-order chi connectivity index (χ0) is 23.6. The van der Waals surface area contributed by atoms with E-state index in [0.717, 1.165) is 41.1 Å². The highest BCUT2D eigenvalue weighted by atomic mass is 32.2. The molecule has 2 heterocycles. The summed E-state index contributed by atoms with van der Waals surface area (Å²) in [6, 6.07) is 13.6. The van der Waals surface area contributed by atoms with Crippen molar-refractivity contribution in [2.24, 2.45) is 11.3 Å². The number of hydrogen-bond donors (Lipinski definition) is 0. The number of methoxy groups -OCH3 is 1. The molecule has 4 rings (SSSR count). The third-order valence-corrected chi connectivity index (χ3v) is 8.25. The lowest BCUT2D eigenvalue weighted by atomic mass is 9.71. The molecular weight excluding hydrogens is 448 g/mol. The Balaban J connectivity index is 1.69. The quantitative estimate of drug-likeness (QED) is 0.289. The molecule has 170 valence electrons. The Kier molecular flexibility index (Phi) is 6.92. The van der Waals surface area contributed by atoms with E-state index in [1.165, 1.54) is 17.3 Å². The number of nitriles is 1. The number of thioether (sulfide) groups is 1. The molecule has 3 aromatic rings. The third kappa shape index (κ3) is 5.00. The molecule has 0 saturated heterocycles. The number of carbonyl (C=O) groups excluding carboxylic acids is 1. The smallest absolute Gasteiger partial charge is 0.173 e. The first-order valence-corrected chi connectivity index (χ1v) is 13.0. The molecule has 33 heavy (non-hydrogen) atoms. The van der Waals surface area contributed by atoms with E-state index < -0.39 is 0 Å². The maximum Gasteiger partial charge on any atom is 0.173 e. The molecule has 0 bridgehead atoms. The van der Waals surface area contributed by atoms with E-state index >= 15 is 0 Å². The van der Waals surface area contributed by atoms with Crippen molar-refractivity contribution in [1.29, 1.82) is 5.26 Å². The average Bonchev–Trinajstić information content (AvgIpc) is 3.35. The lowest BCUT2D eigenvalue weighted by Gasteiger charge is -2.35. The maximum atomic E-state index is 12.8. The lowest BCUT2D eigenvalue weighted by molar-refractivity contribution is 0.102. The van der Waals surface area contributed by atoms with Gasteiger partial charge >= 0.3 is 0 Å². The predicted octanol–water partition coefficient (Wildman–Crippen LogP) is 6.82. The lowest BCUT2D eigenvalue weighted by Crippen LogP contribution is -2.28. The Labute approximate surface area is 204 Å². The number of ketones is 1. The minimum atomic E-state index is 0.0105. The van der Waals surface area contributed by atoms with Crippen LogP contribution in [-0.2, 0) is 12.8 Å². The highest BCUT2D eigenvalue weighted by Crippen LogP contribution is 2.43. The molecule has 0 aliphatic heterocycles. The standard InChI is InChI=1S/C27H28N2O2S2/c1-27(2,3)18-9-12-20-22(14-18)29-26(21(15-28)25(20)24-6-5-13-32-24)33-16-23(30)17-7-10-19(31-4)11-8-17/h5-8,10-11,13,18H,9,12,14,16H2,1-4H3/t18-/m0/s1. The van der Waals surface area contributed by atoms with Gasteiger partial charge in [0.2, 0.25) is 0 Å². The number of nitrogens with zero attached hydrogens (tertiary/aromatic N) is 2. The van der Waals surface area contributed by atoms with Crippen LogP contribution in [0.4, 0.5) is 0 Å². The molecule has 0 spiro atoms. The van der Waals surface area contributed by atoms with Gasteiger partial charge in [-0.1, -0.05) is 38.6 Å². The van der Waals surface area contributed by atoms with Crippen LogP contribution < -0.4 is 4.74 Å². The number of rotatable bonds is 6. The van der Waals surface area contributed by atoms with Gasteiger partial charge in [0.15, 0.2) is 5.78 Å². The van der Waals surface area contributed by atoms with Crippen LogP contribution >= 0.6 is 23.1 Å². The van der Waals surface area contributed by atoms with E-state index in [-0.39, 0.29) is 17.0 Å². The molecule has 0 unspecified atom stereocenters. The SMILES string of the molecule is COc1ccc(C(=O)CSc2nc3c(c(-c4cccs4)c2C#N)CC[C@H](C(C)(C)C)C3)cc1. The Morgan fingerprint density at radius 1 is 1.27 bits per heavy atom. The maximum absolute atomic E-state index is 12.8. The van der Waals surface area contributed by atoms with Gasteiger partial charge in [0.1, 0.15) is 16.8 Å². The first-order valence-electron chi connectivity index (χ1n) is 11.1. The number of pyridine rings is 1. The molecule has 6 heteroatoms. The molecule has 0 saturated carbocycles. The number of thiophene rings is 1. The summed E-state index contributed by atoms with van der Waals surface area (Å²) in [7, 11) is 1.60. The first-order chi connectivity index (χ1) is 15.8. The van der Waals surface area contributed by atoms with Crippen molar-refractivity contribution in [3.8, 4) is 22.3 Å². The minimum absolute atomic E-state index is 0.0105. The molecule has 1 atom stereocenters. The topological polar surface area (TPSA) is 63.0 Å². The molecule has 0 amide bonds. The molecule has 0 radical (unpaired) electrons. The molecule has 0 N–H and O–H groups in total. The van der Waals surface area contributed by atoms with Crippen molar-refractivity contribution < 1.29 is 9.53 Å². The Bertz CT molecular complexity index is 1190. The fourth-order valence-electron chi connectivity index (χ4n) is 4.37. The van der Waals surface area contributed by atoms with Gasteiger partial charge in [-0.15, -0.1) is 11.3 Å². The summed E-state index contributed by atoms with van der Waals surface area (Å²) in [6.07, 6.45) is 2.94. The second-order valence-corrected chi connectivity index (χ2v) is 11.3. The van der Waals surface area contributed by atoms with Crippen LogP contribution in [0.1, 0.15) is 54.4 Å². The van der Waals surface area contributed by atoms with Crippen LogP contribution in [0.3, 0.4) is 0 Å². The summed E-state index contributed by atoms with van der Waals surface area (Å²) in [5.74, 6) is 1.51. The number of Topliss-reactive ketones (excluding diaryl/α,β-unsaturated/α-hetero) is 1. The zero-order valence-corrected chi connectivity index (χ0v) is 21.1. The summed E-state index contributed by atoms with van der Waals surface area (Å²) in [5.41, 5.74) is 4.74. The average molecular weight is 477 g/mol. The summed E-state index contributed by atoms with van der Waals surface area (Å²) >= 11 is 3.02. The highest BCUT2D eigenvalue weighted by molar-refractivity contribution is 8.00. The second kappa shape index (κ2) is 9.70. The van der Waals surface area contributed by atoms with Crippen LogP contribution in [-0.4, -0.2) is 23.6 Å². The van der Waals surface area contributed by atoms with Crippen molar-refractivity contribution in [3.63, 3.8) is 0 Å². The minimum Gasteiger partial charge on any atom is -0.497 e. The zero-order valence-electron chi connectivity index (χ0n) is 19.5. The van der Waals surface area contributed by atoms with Crippen LogP contribution in [0.5, 0.6) is 5.75 Å². The predicted molar refractivity (Wildman–Crippen MR) is 135 cm³/mol. The molecular formula is C27H28N2O2S2. The molecule has 4 nitrogen and oxygen atoms in total. The number of aromatic nitrogens is 1. The van der Waals surface area contributed by atoms with Gasteiger partial charge in [-0.3, -0.25) is 4.79 Å². The largest absolute Gasteiger partial charge is 0.497 e. The highest BCUT2D eigenvalue weighted by Gasteiger charge is 2.32. The van der Waals surface area contributed by atoms with Gasteiger partial charge in [-0.25, -0.2) is 4.98 Å². The number of fused-ring (bicyclic) bond motifs is 1. The van der Waals surface area contributed by atoms with Crippen LogP contribution in [0, 0.1) is 22.7 Å². The Hall–Kier alpha value is -2.62. The fraction of sp³-hybridized carbons (Fsp3) is 0.370. The van der Waals surface area contributed by atoms with E-state index in [9.17, 15) is 10.1 Å². The van der Waals surface area contributed by atoms with Gasteiger partial charge in [-0.05, 0) is 71.9 Å². The van der Waals surface area contributed by atoms with Gasteiger partial charge in [0.05, 0.1) is 18.4 Å². The van der Waals surface area contributed by atoms with Crippen molar-refractivity contribution in [3.05, 3.63) is 64.2 Å². The van der Waals surface area contributed by atoms with Crippen molar-refractivity contribution >= 4 is 28.9 Å². The van der Waals surface area contributed by atoms with E-state index in [1.54, 1.807) is 42.7 Å². The Morgan fingerprint density at radius 2 is 2.03 bits per heavy atom. The third-order valence-electron chi connectivity index (χ3n) is 6.39. The van der Waals surface area contributed by atoms with Gasteiger partial charge < -0.3 is 4.74 Å². The fourth-order valence-corrected chi connectivity index (χ4v) is 6.08. The normalized spacial score (nSPS) is 15.5. The molecule has 0 fully saturated rings. The molecule has 1 aliphatic carbocycles. The van der Waals surface area contributed by atoms with Crippen molar-refractivity contribution in [2.75, 3.05) is 12.9 Å². The van der Waals surface area contributed by atoms with Gasteiger partial charge in [0, 0.05) is 21.7 Å². The molecule has 2 aromatic heterocycles. The monoisotopic (exact) mass is 476 g/mol. The summed E-state index contributed by atoms with van der Waals surface area (Å²) in [5, 5.41) is 12.8. The van der Waals surface area contributed by atoms with Gasteiger partial charge in [-0.2, -0.15) is 5.26 Å². The Morgan fingerprint density at radius 3 is 2.64 bits per heavy atom. The molecule has 1 aliphatic rings. The van der Waals surface area contributed by atoms with Crippen molar-refractivity contribution in [1.82, 2.24) is 4.98 Å². The summed E-state index contributed by atoms with van der Waals surface area (Å²) < 4.78 is 5.18. The van der Waals surface area contributed by atoms with E-state index in [0.29, 0.717) is 22.1 Å². The van der Waals surface area contributed by atoms with Gasteiger partial charge in [0.25, 0.3) is 0 Å². The van der Waals surface area contributed by atoms with Crippen LogP contribution in [0.25, 0.3) is 10.4 Å². The first kappa shape index (κ1) is 23.5. The van der Waals surface area contributed by atoms with E-state index in [4.69, 9.17) is 9.72 Å². The summed E-state index contributed by atoms with van der Waals surface area (Å²) in [6.45, 7) is 6.86. The van der Waals surface area contributed by atoms with Crippen LogP contribution in [0.2, 0.25) is 0 Å².